The van der Waals surface area contributed by atoms with Crippen LogP contribution in [0.5, 0.6) is 0 Å². The number of carbonyl (C=O) groups is 3. The van der Waals surface area contributed by atoms with E-state index in [9.17, 15) is 14.4 Å². The number of unbranched alkanes of at least 4 members (excludes halogenated alkanes) is 21. The average molecular weight is 861 g/mol. The first-order chi connectivity index (χ1) is 30.5. The van der Waals surface area contributed by atoms with E-state index in [0.717, 1.165) is 70.6 Å². The van der Waals surface area contributed by atoms with Crippen molar-refractivity contribution in [1.29, 1.82) is 0 Å². The van der Waals surface area contributed by atoms with Gasteiger partial charge in [0.25, 0.3) is 0 Å². The predicted molar refractivity (Wildman–Crippen MR) is 265 cm³/mol. The quantitative estimate of drug-likeness (QED) is 0.0200. The zero-order chi connectivity index (χ0) is 45.1. The van der Waals surface area contributed by atoms with Gasteiger partial charge in [-0.05, 0) is 83.5 Å². The third-order valence-electron chi connectivity index (χ3n) is 10.4. The lowest BCUT2D eigenvalue weighted by molar-refractivity contribution is -0.166. The van der Waals surface area contributed by atoms with Gasteiger partial charge in [0.15, 0.2) is 6.10 Å². The summed E-state index contributed by atoms with van der Waals surface area (Å²) >= 11 is 0. The lowest BCUT2D eigenvalue weighted by Gasteiger charge is -2.18. The van der Waals surface area contributed by atoms with Crippen LogP contribution < -0.4 is 0 Å². The van der Waals surface area contributed by atoms with E-state index in [2.05, 4.69) is 63.3 Å². The SMILES string of the molecule is CC\C=C/C=C\C=C/C=C\C=C/CCCCCC(=O)OC(COC(=O)CC/C=C\C/C=C\CCCCCCCC)COC(=O)CCCCCCC/C=C\CCCCCCCCC. The van der Waals surface area contributed by atoms with E-state index in [1.165, 1.54) is 96.3 Å². The van der Waals surface area contributed by atoms with Crippen LogP contribution in [0.3, 0.4) is 0 Å². The van der Waals surface area contributed by atoms with E-state index in [-0.39, 0.29) is 44.0 Å². The minimum Gasteiger partial charge on any atom is -0.462 e. The van der Waals surface area contributed by atoms with E-state index >= 15 is 0 Å². The highest BCUT2D eigenvalue weighted by molar-refractivity contribution is 5.71. The van der Waals surface area contributed by atoms with Crippen molar-refractivity contribution in [2.75, 3.05) is 13.2 Å². The summed E-state index contributed by atoms with van der Waals surface area (Å²) in [5.74, 6) is -1.04. The summed E-state index contributed by atoms with van der Waals surface area (Å²) in [4.78, 5) is 37.9. The average Bonchev–Trinajstić information content (AvgIpc) is 3.27. The molecule has 352 valence electrons. The van der Waals surface area contributed by atoms with E-state index in [0.29, 0.717) is 19.3 Å². The Kier molecular flexibility index (Phi) is 47.0. The van der Waals surface area contributed by atoms with Gasteiger partial charge in [0.2, 0.25) is 0 Å². The number of allylic oxidation sites excluding steroid dienone is 16. The molecule has 6 heteroatoms. The molecule has 1 unspecified atom stereocenters. The Morgan fingerprint density at radius 1 is 0.355 bits per heavy atom. The molecule has 0 rings (SSSR count). The lowest BCUT2D eigenvalue weighted by atomic mass is 10.1. The normalized spacial score (nSPS) is 12.9. The molecule has 0 spiro atoms. The fourth-order valence-corrected chi connectivity index (χ4v) is 6.63. The number of esters is 3. The summed E-state index contributed by atoms with van der Waals surface area (Å²) in [6, 6.07) is 0. The van der Waals surface area contributed by atoms with Gasteiger partial charge in [-0.25, -0.2) is 0 Å². The van der Waals surface area contributed by atoms with Crippen LogP contribution in [0.2, 0.25) is 0 Å². The molecule has 0 bridgehead atoms. The Balaban J connectivity index is 4.54. The molecule has 1 atom stereocenters. The fourth-order valence-electron chi connectivity index (χ4n) is 6.63. The van der Waals surface area contributed by atoms with E-state index < -0.39 is 6.10 Å². The van der Waals surface area contributed by atoms with Crippen LogP contribution in [-0.2, 0) is 28.6 Å². The van der Waals surface area contributed by atoms with Crippen LogP contribution >= 0.6 is 0 Å². The topological polar surface area (TPSA) is 78.9 Å². The summed E-state index contributed by atoms with van der Waals surface area (Å²) in [7, 11) is 0. The molecule has 0 aliphatic rings. The highest BCUT2D eigenvalue weighted by Crippen LogP contribution is 2.13. The third kappa shape index (κ3) is 47.4. The Hall–Kier alpha value is -3.67. The highest BCUT2D eigenvalue weighted by atomic mass is 16.6. The first-order valence-corrected chi connectivity index (χ1v) is 25.3. The van der Waals surface area contributed by atoms with Gasteiger partial charge >= 0.3 is 17.9 Å². The Labute approximate surface area is 381 Å². The molecule has 0 aromatic heterocycles. The van der Waals surface area contributed by atoms with Crippen LogP contribution in [0.15, 0.2) is 97.2 Å². The van der Waals surface area contributed by atoms with E-state index in [1.807, 2.05) is 54.7 Å². The molecule has 6 nitrogen and oxygen atoms in total. The van der Waals surface area contributed by atoms with Crippen molar-refractivity contribution in [2.24, 2.45) is 0 Å². The molecule has 0 heterocycles. The maximum absolute atomic E-state index is 12.8. The number of ether oxygens (including phenoxy) is 3. The fraction of sp³-hybridized carbons (Fsp3) is 0.661. The molecule has 0 aromatic rings. The third-order valence-corrected chi connectivity index (χ3v) is 10.4. The molecular formula is C56H92O6. The van der Waals surface area contributed by atoms with Gasteiger partial charge in [-0.1, -0.05) is 214 Å². The first kappa shape index (κ1) is 58.3. The monoisotopic (exact) mass is 861 g/mol. The molecule has 0 saturated carbocycles. The number of hydrogen-bond donors (Lipinski definition) is 0. The molecule has 62 heavy (non-hydrogen) atoms. The molecule has 0 radical (unpaired) electrons. The highest BCUT2D eigenvalue weighted by Gasteiger charge is 2.19. The van der Waals surface area contributed by atoms with E-state index in [1.54, 1.807) is 0 Å². The lowest BCUT2D eigenvalue weighted by Crippen LogP contribution is -2.30. The number of hydrogen-bond acceptors (Lipinski definition) is 6. The van der Waals surface area contributed by atoms with Gasteiger partial charge in [0, 0.05) is 19.3 Å². The van der Waals surface area contributed by atoms with Crippen molar-refractivity contribution in [2.45, 2.75) is 226 Å². The second-order valence-electron chi connectivity index (χ2n) is 16.5. The van der Waals surface area contributed by atoms with Crippen LogP contribution in [0.1, 0.15) is 220 Å². The zero-order valence-corrected chi connectivity index (χ0v) is 40.1. The second kappa shape index (κ2) is 50.0. The summed E-state index contributed by atoms with van der Waals surface area (Å²) in [5, 5.41) is 0. The molecule has 0 saturated heterocycles. The van der Waals surface area contributed by atoms with Gasteiger partial charge in [-0.2, -0.15) is 0 Å². The summed E-state index contributed by atoms with van der Waals surface area (Å²) in [6.07, 6.45) is 65.4. The van der Waals surface area contributed by atoms with Gasteiger partial charge in [-0.3, -0.25) is 14.4 Å². The summed E-state index contributed by atoms with van der Waals surface area (Å²) < 4.78 is 16.7. The van der Waals surface area contributed by atoms with Gasteiger partial charge in [-0.15, -0.1) is 0 Å². The van der Waals surface area contributed by atoms with E-state index in [4.69, 9.17) is 14.2 Å². The van der Waals surface area contributed by atoms with Crippen molar-refractivity contribution in [3.8, 4) is 0 Å². The Morgan fingerprint density at radius 3 is 1.24 bits per heavy atom. The van der Waals surface area contributed by atoms with Crippen molar-refractivity contribution < 1.29 is 28.6 Å². The molecule has 0 aromatic carbocycles. The van der Waals surface area contributed by atoms with Crippen molar-refractivity contribution >= 4 is 17.9 Å². The van der Waals surface area contributed by atoms with Gasteiger partial charge < -0.3 is 14.2 Å². The summed E-state index contributed by atoms with van der Waals surface area (Å²) in [5.41, 5.74) is 0. The smallest absolute Gasteiger partial charge is 0.306 e. The summed E-state index contributed by atoms with van der Waals surface area (Å²) in [6.45, 7) is 6.37. The van der Waals surface area contributed by atoms with Crippen molar-refractivity contribution in [3.05, 3.63) is 97.2 Å². The molecule has 0 aliphatic heterocycles. The standard InChI is InChI=1S/C56H92O6/c1-4-7-10-13-16-19-22-25-27-29-31-34-37-40-43-46-49-55(58)61-52-53(51-60-54(57)48-45-42-39-36-33-30-24-21-18-15-12-9-6-3)62-56(59)50-47-44-41-38-35-32-28-26-23-20-17-14-11-8-5-2/h8,11,14,17,20,23,26-30,32-33,35,39,42,53H,4-7,9-10,12-13,15-16,18-19,21-22,24-25,31,34,36-38,40-41,43-52H2,1-3H3/b11-8-,17-14-,23-20-,28-26-,29-27-,33-30-,35-32-,42-39-. The second-order valence-corrected chi connectivity index (χ2v) is 16.5. The van der Waals surface area contributed by atoms with Crippen molar-refractivity contribution in [1.82, 2.24) is 0 Å². The van der Waals surface area contributed by atoms with Crippen molar-refractivity contribution in [3.63, 3.8) is 0 Å². The van der Waals surface area contributed by atoms with Gasteiger partial charge in [0.1, 0.15) is 13.2 Å². The molecule has 0 fully saturated rings. The number of carbonyl (C=O) groups excluding carboxylic acids is 3. The van der Waals surface area contributed by atoms with Gasteiger partial charge in [0.05, 0.1) is 0 Å². The van der Waals surface area contributed by atoms with Crippen LogP contribution in [-0.4, -0.2) is 37.2 Å². The Bertz CT molecular complexity index is 1260. The maximum atomic E-state index is 12.8. The predicted octanol–water partition coefficient (Wildman–Crippen LogP) is 16.6. The number of rotatable bonds is 44. The maximum Gasteiger partial charge on any atom is 0.306 e. The largest absolute Gasteiger partial charge is 0.462 e. The first-order valence-electron chi connectivity index (χ1n) is 25.3. The minimum atomic E-state index is -0.825. The zero-order valence-electron chi connectivity index (χ0n) is 40.1. The molecule has 0 N–H and O–H groups in total. The van der Waals surface area contributed by atoms with Crippen LogP contribution in [0, 0.1) is 0 Å². The van der Waals surface area contributed by atoms with Crippen LogP contribution in [0.4, 0.5) is 0 Å². The molecule has 0 aliphatic carbocycles. The van der Waals surface area contributed by atoms with Crippen LogP contribution in [0.25, 0.3) is 0 Å². The molecular weight excluding hydrogens is 769 g/mol. The minimum absolute atomic E-state index is 0.117. The molecule has 0 amide bonds. The Morgan fingerprint density at radius 2 is 0.726 bits per heavy atom.